The lowest BCUT2D eigenvalue weighted by Gasteiger charge is -2.14. The van der Waals surface area contributed by atoms with Crippen molar-refractivity contribution in [2.45, 2.75) is 31.2 Å². The van der Waals surface area contributed by atoms with E-state index in [4.69, 9.17) is 11.6 Å². The summed E-state index contributed by atoms with van der Waals surface area (Å²) in [5.41, 5.74) is 1.15. The fraction of sp³-hybridized carbons (Fsp3) is 0.400. The molecule has 1 aromatic carbocycles. The Hall–Kier alpha value is -0.550. The van der Waals surface area contributed by atoms with Crippen LogP contribution in [0, 0.1) is 13.8 Å². The summed E-state index contributed by atoms with van der Waals surface area (Å²) < 4.78 is 0. The van der Waals surface area contributed by atoms with Crippen molar-refractivity contribution in [2.75, 3.05) is 12.8 Å². The highest BCUT2D eigenvalue weighted by atomic mass is 35.5. The summed E-state index contributed by atoms with van der Waals surface area (Å²) in [6.45, 7) is 4.20. The van der Waals surface area contributed by atoms with Crippen LogP contribution in [0.15, 0.2) is 29.2 Å². The highest BCUT2D eigenvalue weighted by Gasteiger charge is 2.12. The predicted octanol–water partition coefficient (Wildman–Crippen LogP) is 4.34. The molecule has 0 aliphatic heterocycles. The topological polar surface area (TPSA) is 24.9 Å². The number of likely N-dealkylation sites (N-methyl/N-ethyl adjacent to an activating group) is 1. The van der Waals surface area contributed by atoms with Crippen molar-refractivity contribution < 1.29 is 0 Å². The van der Waals surface area contributed by atoms with Gasteiger partial charge in [0.1, 0.15) is 0 Å². The quantitative estimate of drug-likeness (QED) is 0.799. The first-order valence-corrected chi connectivity index (χ1v) is 8.75. The van der Waals surface area contributed by atoms with Crippen LogP contribution in [0.4, 0.5) is 0 Å². The normalized spacial score (nSPS) is 12.6. The molecule has 20 heavy (non-hydrogen) atoms. The molecule has 0 radical (unpaired) electrons. The Bertz CT molecular complexity index is 549. The standard InChI is InChI=1S/C15H19ClN2S2/c1-10-11(2)20-15(18-10)8-12(17-3)9-19-14-7-5-4-6-13(14)16/h4-7,12,17H,8-9H2,1-3H3. The average molecular weight is 327 g/mol. The molecule has 0 fully saturated rings. The van der Waals surface area contributed by atoms with Gasteiger partial charge in [-0.2, -0.15) is 0 Å². The molecular formula is C15H19ClN2S2. The predicted molar refractivity (Wildman–Crippen MR) is 90.3 cm³/mol. The third-order valence-corrected chi connectivity index (χ3v) is 5.95. The van der Waals surface area contributed by atoms with E-state index in [1.165, 1.54) is 9.88 Å². The number of halogens is 1. The van der Waals surface area contributed by atoms with Crippen LogP contribution in [0.25, 0.3) is 0 Å². The third kappa shape index (κ3) is 4.22. The SMILES string of the molecule is CNC(CSc1ccccc1Cl)Cc1nc(C)c(C)s1. The summed E-state index contributed by atoms with van der Waals surface area (Å²) in [4.78, 5) is 7.07. The Labute approximate surface area is 134 Å². The van der Waals surface area contributed by atoms with E-state index in [0.29, 0.717) is 6.04 Å². The minimum absolute atomic E-state index is 0.404. The van der Waals surface area contributed by atoms with Crippen LogP contribution < -0.4 is 5.32 Å². The van der Waals surface area contributed by atoms with Crippen LogP contribution in [-0.2, 0) is 6.42 Å². The summed E-state index contributed by atoms with van der Waals surface area (Å²) in [5.74, 6) is 0.984. The van der Waals surface area contributed by atoms with Crippen molar-refractivity contribution in [3.05, 3.63) is 44.9 Å². The van der Waals surface area contributed by atoms with Gasteiger partial charge >= 0.3 is 0 Å². The molecule has 0 saturated heterocycles. The first-order valence-electron chi connectivity index (χ1n) is 6.57. The molecule has 1 N–H and O–H groups in total. The van der Waals surface area contributed by atoms with E-state index < -0.39 is 0 Å². The molecule has 108 valence electrons. The third-order valence-electron chi connectivity index (χ3n) is 3.18. The second-order valence-electron chi connectivity index (χ2n) is 4.68. The van der Waals surface area contributed by atoms with Crippen molar-refractivity contribution in [3.8, 4) is 0 Å². The molecule has 1 aromatic heterocycles. The zero-order chi connectivity index (χ0) is 14.5. The summed E-state index contributed by atoms with van der Waals surface area (Å²) >= 11 is 9.77. The van der Waals surface area contributed by atoms with Gasteiger partial charge in [0, 0.05) is 28.0 Å². The van der Waals surface area contributed by atoms with Gasteiger partial charge in [-0.05, 0) is 33.0 Å². The van der Waals surface area contributed by atoms with Gasteiger partial charge in [-0.15, -0.1) is 23.1 Å². The monoisotopic (exact) mass is 326 g/mol. The number of rotatable bonds is 6. The van der Waals surface area contributed by atoms with Crippen LogP contribution >= 0.6 is 34.7 Å². The molecule has 0 aliphatic rings. The van der Waals surface area contributed by atoms with Crippen molar-refractivity contribution in [2.24, 2.45) is 0 Å². The van der Waals surface area contributed by atoms with Gasteiger partial charge in [-0.25, -0.2) is 4.98 Å². The van der Waals surface area contributed by atoms with Gasteiger partial charge in [-0.1, -0.05) is 23.7 Å². The fourth-order valence-electron chi connectivity index (χ4n) is 1.83. The molecule has 0 amide bonds. The van der Waals surface area contributed by atoms with Crippen molar-refractivity contribution in [3.63, 3.8) is 0 Å². The second-order valence-corrected chi connectivity index (χ2v) is 7.44. The van der Waals surface area contributed by atoms with E-state index in [1.54, 1.807) is 23.1 Å². The number of aromatic nitrogens is 1. The Kier molecular flexibility index (Phi) is 5.90. The maximum Gasteiger partial charge on any atom is 0.0946 e. The van der Waals surface area contributed by atoms with E-state index in [2.05, 4.69) is 30.2 Å². The maximum atomic E-state index is 6.18. The molecule has 1 atom stereocenters. The Morgan fingerprint density at radius 1 is 1.35 bits per heavy atom. The molecule has 0 aliphatic carbocycles. The summed E-state index contributed by atoms with van der Waals surface area (Å²) in [6, 6.07) is 8.39. The number of thiazole rings is 1. The van der Waals surface area contributed by atoms with Crippen LogP contribution in [0.1, 0.15) is 15.6 Å². The fourth-order valence-corrected chi connectivity index (χ4v) is 4.19. The van der Waals surface area contributed by atoms with E-state index in [1.807, 2.05) is 25.2 Å². The summed E-state index contributed by atoms with van der Waals surface area (Å²) in [7, 11) is 2.01. The van der Waals surface area contributed by atoms with Gasteiger partial charge < -0.3 is 5.32 Å². The highest BCUT2D eigenvalue weighted by molar-refractivity contribution is 7.99. The lowest BCUT2D eigenvalue weighted by atomic mass is 10.2. The highest BCUT2D eigenvalue weighted by Crippen LogP contribution is 2.28. The molecule has 0 bridgehead atoms. The van der Waals surface area contributed by atoms with Crippen molar-refractivity contribution in [1.82, 2.24) is 10.3 Å². The number of hydrogen-bond donors (Lipinski definition) is 1. The Morgan fingerprint density at radius 2 is 2.10 bits per heavy atom. The van der Waals surface area contributed by atoms with Gasteiger partial charge in [0.2, 0.25) is 0 Å². The number of benzene rings is 1. The van der Waals surface area contributed by atoms with Crippen LogP contribution in [-0.4, -0.2) is 23.8 Å². The molecule has 1 heterocycles. The lowest BCUT2D eigenvalue weighted by molar-refractivity contribution is 0.615. The zero-order valence-corrected chi connectivity index (χ0v) is 14.3. The van der Waals surface area contributed by atoms with Crippen LogP contribution in [0.5, 0.6) is 0 Å². The molecule has 1 unspecified atom stereocenters. The van der Waals surface area contributed by atoms with Crippen LogP contribution in [0.3, 0.4) is 0 Å². The number of hydrogen-bond acceptors (Lipinski definition) is 4. The second kappa shape index (κ2) is 7.46. The molecule has 2 aromatic rings. The number of nitrogens with one attached hydrogen (secondary N) is 1. The first-order chi connectivity index (χ1) is 9.60. The Morgan fingerprint density at radius 3 is 2.70 bits per heavy atom. The average Bonchev–Trinajstić information content (AvgIpc) is 2.75. The maximum absolute atomic E-state index is 6.18. The van der Waals surface area contributed by atoms with Crippen molar-refractivity contribution in [1.29, 1.82) is 0 Å². The van der Waals surface area contributed by atoms with E-state index in [-0.39, 0.29) is 0 Å². The summed E-state index contributed by atoms with van der Waals surface area (Å²) in [5, 5.41) is 5.41. The molecular weight excluding hydrogens is 308 g/mol. The van der Waals surface area contributed by atoms with E-state index in [9.17, 15) is 0 Å². The minimum atomic E-state index is 0.404. The van der Waals surface area contributed by atoms with Gasteiger partial charge in [-0.3, -0.25) is 0 Å². The number of thioether (sulfide) groups is 1. The zero-order valence-electron chi connectivity index (χ0n) is 11.9. The van der Waals surface area contributed by atoms with Gasteiger partial charge in [0.25, 0.3) is 0 Å². The first kappa shape index (κ1) is 15.8. The molecule has 2 rings (SSSR count). The number of aryl methyl sites for hydroxylation is 2. The van der Waals surface area contributed by atoms with E-state index >= 15 is 0 Å². The van der Waals surface area contributed by atoms with Gasteiger partial charge in [0.15, 0.2) is 0 Å². The summed E-state index contributed by atoms with van der Waals surface area (Å²) in [6.07, 6.45) is 0.966. The molecule has 5 heteroatoms. The van der Waals surface area contributed by atoms with Crippen LogP contribution in [0.2, 0.25) is 5.02 Å². The molecule has 2 nitrogen and oxygen atoms in total. The minimum Gasteiger partial charge on any atom is -0.316 e. The Balaban J connectivity index is 1.94. The molecule has 0 saturated carbocycles. The number of nitrogens with zero attached hydrogens (tertiary/aromatic N) is 1. The largest absolute Gasteiger partial charge is 0.316 e. The van der Waals surface area contributed by atoms with Crippen molar-refractivity contribution >= 4 is 34.7 Å². The smallest absolute Gasteiger partial charge is 0.0946 e. The lowest BCUT2D eigenvalue weighted by Crippen LogP contribution is -2.30. The molecule has 0 spiro atoms. The van der Waals surface area contributed by atoms with Gasteiger partial charge in [0.05, 0.1) is 15.7 Å². The van der Waals surface area contributed by atoms with E-state index in [0.717, 1.165) is 27.8 Å².